The molecule has 0 saturated heterocycles. The number of nitrogens with one attached hydrogen (secondary N) is 1. The summed E-state index contributed by atoms with van der Waals surface area (Å²) < 4.78 is 26.4. The molecule has 0 heterocycles. The predicted molar refractivity (Wildman–Crippen MR) is 72.3 cm³/mol. The van der Waals surface area contributed by atoms with Crippen molar-refractivity contribution in [2.45, 2.75) is 24.8 Å². The van der Waals surface area contributed by atoms with E-state index in [0.29, 0.717) is 10.6 Å². The lowest BCUT2D eigenvalue weighted by atomic mass is 10.2. The topological polar surface area (TPSA) is 72.2 Å². The first-order chi connectivity index (χ1) is 7.38. The summed E-state index contributed by atoms with van der Waals surface area (Å²) in [7, 11) is -3.54. The van der Waals surface area contributed by atoms with Gasteiger partial charge < -0.3 is 5.73 Å². The molecule has 0 unspecified atom stereocenters. The van der Waals surface area contributed by atoms with Crippen molar-refractivity contribution in [1.29, 1.82) is 0 Å². The molecule has 1 aromatic carbocycles. The van der Waals surface area contributed by atoms with Crippen LogP contribution < -0.4 is 10.5 Å². The highest BCUT2D eigenvalue weighted by atomic mass is 35.5. The van der Waals surface area contributed by atoms with E-state index in [9.17, 15) is 8.42 Å². The Morgan fingerprint density at radius 1 is 1.47 bits per heavy atom. The predicted octanol–water partition coefficient (Wildman–Crippen LogP) is 1.70. The highest BCUT2D eigenvalue weighted by molar-refractivity contribution is 7.89. The number of nitrogens with two attached hydrogens (primary N) is 1. The number of benzene rings is 1. The van der Waals surface area contributed by atoms with E-state index in [-0.39, 0.29) is 29.9 Å². The molecule has 1 atom stereocenters. The maximum Gasteiger partial charge on any atom is 0.241 e. The first kappa shape index (κ1) is 16.7. The van der Waals surface area contributed by atoms with Crippen LogP contribution in [0.25, 0.3) is 0 Å². The third kappa shape index (κ3) is 4.12. The lowest BCUT2D eigenvalue weighted by Gasteiger charge is -2.14. The van der Waals surface area contributed by atoms with Gasteiger partial charge in [0.25, 0.3) is 0 Å². The van der Waals surface area contributed by atoms with Crippen LogP contribution in [0, 0.1) is 6.92 Å². The van der Waals surface area contributed by atoms with Crippen LogP contribution in [0.4, 0.5) is 0 Å². The van der Waals surface area contributed by atoms with E-state index in [2.05, 4.69) is 4.72 Å². The minimum Gasteiger partial charge on any atom is -0.329 e. The SMILES string of the molecule is Cc1c(Cl)cccc1S(=O)(=O)N[C@@H](C)CN.Cl. The highest BCUT2D eigenvalue weighted by Gasteiger charge is 2.19. The van der Waals surface area contributed by atoms with E-state index in [0.717, 1.165) is 0 Å². The van der Waals surface area contributed by atoms with Crippen LogP contribution in [0.3, 0.4) is 0 Å². The molecule has 0 amide bonds. The maximum absolute atomic E-state index is 11.9. The van der Waals surface area contributed by atoms with Gasteiger partial charge in [0, 0.05) is 17.6 Å². The number of rotatable bonds is 4. The lowest BCUT2D eigenvalue weighted by Crippen LogP contribution is -2.38. The molecule has 1 rings (SSSR count). The summed E-state index contributed by atoms with van der Waals surface area (Å²) >= 11 is 5.87. The largest absolute Gasteiger partial charge is 0.329 e. The summed E-state index contributed by atoms with van der Waals surface area (Å²) in [6.45, 7) is 3.63. The summed E-state index contributed by atoms with van der Waals surface area (Å²) in [5, 5.41) is 0.434. The van der Waals surface area contributed by atoms with Crippen LogP contribution in [0.5, 0.6) is 0 Å². The van der Waals surface area contributed by atoms with Gasteiger partial charge in [0.1, 0.15) is 0 Å². The van der Waals surface area contributed by atoms with Gasteiger partial charge in [-0.2, -0.15) is 0 Å². The third-order valence-corrected chi connectivity index (χ3v) is 4.36. The minimum absolute atomic E-state index is 0. The van der Waals surface area contributed by atoms with Crippen molar-refractivity contribution in [3.8, 4) is 0 Å². The Hall–Kier alpha value is -0.330. The summed E-state index contributed by atoms with van der Waals surface area (Å²) in [4.78, 5) is 0.195. The van der Waals surface area contributed by atoms with Crippen molar-refractivity contribution < 1.29 is 8.42 Å². The Kier molecular flexibility index (Phi) is 6.43. The molecule has 0 aromatic heterocycles. The van der Waals surface area contributed by atoms with Crippen LogP contribution in [0.1, 0.15) is 12.5 Å². The van der Waals surface area contributed by atoms with Gasteiger partial charge in [-0.15, -0.1) is 12.4 Å². The van der Waals surface area contributed by atoms with Crippen LogP contribution >= 0.6 is 24.0 Å². The van der Waals surface area contributed by atoms with Crippen LogP contribution in [-0.2, 0) is 10.0 Å². The smallest absolute Gasteiger partial charge is 0.241 e. The average Bonchev–Trinajstić information content (AvgIpc) is 2.21. The van der Waals surface area contributed by atoms with Crippen LogP contribution in [0.2, 0.25) is 5.02 Å². The van der Waals surface area contributed by atoms with Gasteiger partial charge in [-0.3, -0.25) is 0 Å². The lowest BCUT2D eigenvalue weighted by molar-refractivity contribution is 0.562. The molecule has 0 bridgehead atoms. The van der Waals surface area contributed by atoms with Gasteiger partial charge in [-0.25, -0.2) is 13.1 Å². The maximum atomic E-state index is 11.9. The van der Waals surface area contributed by atoms with Crippen LogP contribution in [0.15, 0.2) is 23.1 Å². The van der Waals surface area contributed by atoms with E-state index in [1.165, 1.54) is 6.07 Å². The molecule has 4 nitrogen and oxygen atoms in total. The van der Waals surface area contributed by atoms with Crippen LogP contribution in [-0.4, -0.2) is 21.0 Å². The van der Waals surface area contributed by atoms with Crippen molar-refractivity contribution >= 4 is 34.0 Å². The van der Waals surface area contributed by atoms with E-state index in [1.54, 1.807) is 26.0 Å². The molecule has 1 aromatic rings. The number of hydrogen-bond acceptors (Lipinski definition) is 3. The molecule has 7 heteroatoms. The fourth-order valence-electron chi connectivity index (χ4n) is 1.26. The van der Waals surface area contributed by atoms with E-state index >= 15 is 0 Å². The molecule has 3 N–H and O–H groups in total. The molecule has 17 heavy (non-hydrogen) atoms. The quantitative estimate of drug-likeness (QED) is 0.888. The van der Waals surface area contributed by atoms with Gasteiger partial charge in [0.15, 0.2) is 0 Å². The molecule has 0 fully saturated rings. The molecule has 98 valence electrons. The standard InChI is InChI=1S/C10H15ClN2O2S.ClH/c1-7(6-12)13-16(14,15)10-5-3-4-9(11)8(10)2;/h3-5,7,13H,6,12H2,1-2H3;1H/t7-;/m0./s1. The number of hydrogen-bond donors (Lipinski definition) is 2. The zero-order valence-electron chi connectivity index (χ0n) is 9.60. The van der Waals surface area contributed by atoms with Crippen molar-refractivity contribution in [2.75, 3.05) is 6.54 Å². The Labute approximate surface area is 113 Å². The summed E-state index contributed by atoms with van der Waals surface area (Å²) in [6, 6.07) is 4.48. The fourth-order valence-corrected chi connectivity index (χ4v) is 3.01. The number of sulfonamides is 1. The number of halogens is 2. The van der Waals surface area contributed by atoms with E-state index < -0.39 is 10.0 Å². The summed E-state index contributed by atoms with van der Waals surface area (Å²) in [5.74, 6) is 0. The van der Waals surface area contributed by atoms with Gasteiger partial charge >= 0.3 is 0 Å². The molecule has 0 aliphatic heterocycles. The van der Waals surface area contributed by atoms with Crippen molar-refractivity contribution in [1.82, 2.24) is 4.72 Å². The highest BCUT2D eigenvalue weighted by Crippen LogP contribution is 2.22. The first-order valence-electron chi connectivity index (χ1n) is 4.86. The average molecular weight is 299 g/mol. The van der Waals surface area contributed by atoms with Gasteiger partial charge in [0.05, 0.1) is 4.90 Å². The van der Waals surface area contributed by atoms with Crippen molar-refractivity contribution in [3.05, 3.63) is 28.8 Å². The van der Waals surface area contributed by atoms with Crippen molar-refractivity contribution in [2.24, 2.45) is 5.73 Å². The molecular formula is C10H16Cl2N2O2S. The molecule has 0 saturated carbocycles. The minimum atomic E-state index is -3.54. The molecule has 0 aliphatic rings. The Balaban J connectivity index is 0.00000256. The zero-order chi connectivity index (χ0) is 12.3. The van der Waals surface area contributed by atoms with Crippen molar-refractivity contribution in [3.63, 3.8) is 0 Å². The second-order valence-electron chi connectivity index (χ2n) is 3.62. The Bertz CT molecular complexity index is 477. The monoisotopic (exact) mass is 298 g/mol. The zero-order valence-corrected chi connectivity index (χ0v) is 12.0. The molecule has 0 spiro atoms. The molecular weight excluding hydrogens is 283 g/mol. The Morgan fingerprint density at radius 2 is 2.06 bits per heavy atom. The molecule has 0 radical (unpaired) electrons. The third-order valence-electron chi connectivity index (χ3n) is 2.22. The van der Waals surface area contributed by atoms with Gasteiger partial charge in [-0.05, 0) is 31.5 Å². The second-order valence-corrected chi connectivity index (χ2v) is 5.71. The van der Waals surface area contributed by atoms with E-state index in [1.807, 2.05) is 0 Å². The Morgan fingerprint density at radius 3 is 2.59 bits per heavy atom. The van der Waals surface area contributed by atoms with E-state index in [4.69, 9.17) is 17.3 Å². The summed E-state index contributed by atoms with van der Waals surface area (Å²) in [5.41, 5.74) is 5.91. The first-order valence-corrected chi connectivity index (χ1v) is 6.72. The molecule has 0 aliphatic carbocycles. The fraction of sp³-hybridized carbons (Fsp3) is 0.400. The normalized spacial score (nSPS) is 12.9. The van der Waals surface area contributed by atoms with Gasteiger partial charge in [0.2, 0.25) is 10.0 Å². The second kappa shape index (κ2) is 6.56. The summed E-state index contributed by atoms with van der Waals surface area (Å²) in [6.07, 6.45) is 0. The van der Waals surface area contributed by atoms with Gasteiger partial charge in [-0.1, -0.05) is 17.7 Å².